The minimum atomic E-state index is 0.507. The Morgan fingerprint density at radius 3 is 2.55 bits per heavy atom. The fraction of sp³-hybridized carbons (Fsp3) is 0.750. The predicted molar refractivity (Wildman–Crippen MR) is 82.6 cm³/mol. The van der Waals surface area contributed by atoms with Crippen molar-refractivity contribution in [2.24, 2.45) is 0 Å². The molecular formula is C16H29N3O. The fourth-order valence-corrected chi connectivity index (χ4v) is 2.79. The second-order valence-corrected chi connectivity index (χ2v) is 6.51. The van der Waals surface area contributed by atoms with Crippen LogP contribution in [0.15, 0.2) is 16.7 Å². The zero-order valence-corrected chi connectivity index (χ0v) is 13.5. The van der Waals surface area contributed by atoms with Crippen molar-refractivity contribution in [2.45, 2.75) is 58.9 Å². The molecule has 114 valence electrons. The van der Waals surface area contributed by atoms with Crippen molar-refractivity contribution in [3.63, 3.8) is 0 Å². The van der Waals surface area contributed by atoms with Crippen LogP contribution in [0, 0.1) is 0 Å². The Morgan fingerprint density at radius 1 is 1.30 bits per heavy atom. The van der Waals surface area contributed by atoms with Gasteiger partial charge >= 0.3 is 0 Å². The Morgan fingerprint density at radius 2 is 1.95 bits per heavy atom. The van der Waals surface area contributed by atoms with Crippen molar-refractivity contribution < 1.29 is 4.42 Å². The van der Waals surface area contributed by atoms with E-state index in [1.165, 1.54) is 5.56 Å². The van der Waals surface area contributed by atoms with Crippen LogP contribution in [-0.2, 0) is 13.1 Å². The molecule has 0 radical (unpaired) electrons. The maximum Gasteiger partial charge on any atom is 0.118 e. The van der Waals surface area contributed by atoms with E-state index in [-0.39, 0.29) is 0 Å². The van der Waals surface area contributed by atoms with E-state index in [2.05, 4.69) is 55.9 Å². The average Bonchev–Trinajstić information content (AvgIpc) is 2.81. The highest BCUT2D eigenvalue weighted by Crippen LogP contribution is 2.17. The second-order valence-electron chi connectivity index (χ2n) is 6.51. The minimum Gasteiger partial charge on any atom is -0.468 e. The van der Waals surface area contributed by atoms with Crippen LogP contribution in [0.1, 0.15) is 39.0 Å². The van der Waals surface area contributed by atoms with E-state index in [0.29, 0.717) is 18.1 Å². The third-order valence-electron chi connectivity index (χ3n) is 4.24. The lowest BCUT2D eigenvalue weighted by Crippen LogP contribution is -2.54. The first-order valence-electron chi connectivity index (χ1n) is 7.69. The van der Waals surface area contributed by atoms with Crippen LogP contribution in [0.3, 0.4) is 0 Å². The first-order chi connectivity index (χ1) is 9.45. The van der Waals surface area contributed by atoms with Gasteiger partial charge in [0.2, 0.25) is 0 Å². The summed E-state index contributed by atoms with van der Waals surface area (Å²) in [5.41, 5.74) is 1.24. The SMILES string of the molecule is CC(C)NCc1coc(CN2CC(C)N(C)C(C)C2)c1. The lowest BCUT2D eigenvalue weighted by atomic mass is 10.1. The average molecular weight is 279 g/mol. The smallest absolute Gasteiger partial charge is 0.118 e. The minimum absolute atomic E-state index is 0.507. The molecule has 1 N–H and O–H groups in total. The molecule has 1 fully saturated rings. The summed E-state index contributed by atoms with van der Waals surface area (Å²) in [7, 11) is 2.22. The van der Waals surface area contributed by atoms with E-state index >= 15 is 0 Å². The molecule has 1 aliphatic heterocycles. The Hall–Kier alpha value is -0.840. The molecule has 0 aliphatic carbocycles. The van der Waals surface area contributed by atoms with Gasteiger partial charge < -0.3 is 9.73 Å². The zero-order chi connectivity index (χ0) is 14.7. The van der Waals surface area contributed by atoms with E-state index in [1.807, 2.05) is 6.26 Å². The summed E-state index contributed by atoms with van der Waals surface area (Å²) in [6.45, 7) is 12.9. The first kappa shape index (κ1) is 15.5. The van der Waals surface area contributed by atoms with Gasteiger partial charge in [-0.1, -0.05) is 13.8 Å². The third-order valence-corrected chi connectivity index (χ3v) is 4.24. The van der Waals surface area contributed by atoms with Gasteiger partial charge in [0.05, 0.1) is 12.8 Å². The topological polar surface area (TPSA) is 31.7 Å². The number of furan rings is 1. The van der Waals surface area contributed by atoms with Gasteiger partial charge in [-0.15, -0.1) is 0 Å². The van der Waals surface area contributed by atoms with Crippen LogP contribution in [0.5, 0.6) is 0 Å². The van der Waals surface area contributed by atoms with Crippen LogP contribution in [-0.4, -0.2) is 48.1 Å². The molecule has 1 aliphatic rings. The number of piperazine rings is 1. The van der Waals surface area contributed by atoms with Gasteiger partial charge in [-0.05, 0) is 27.0 Å². The molecular weight excluding hydrogens is 250 g/mol. The first-order valence-corrected chi connectivity index (χ1v) is 7.69. The summed E-state index contributed by atoms with van der Waals surface area (Å²) in [4.78, 5) is 4.95. The molecule has 1 saturated heterocycles. The van der Waals surface area contributed by atoms with E-state index in [9.17, 15) is 0 Å². The number of nitrogens with one attached hydrogen (secondary N) is 1. The van der Waals surface area contributed by atoms with Crippen LogP contribution in [0.4, 0.5) is 0 Å². The van der Waals surface area contributed by atoms with Crippen molar-refractivity contribution in [2.75, 3.05) is 20.1 Å². The Bertz CT molecular complexity index is 404. The van der Waals surface area contributed by atoms with Crippen LogP contribution >= 0.6 is 0 Å². The lowest BCUT2D eigenvalue weighted by molar-refractivity contribution is 0.0518. The van der Waals surface area contributed by atoms with E-state index in [4.69, 9.17) is 4.42 Å². The van der Waals surface area contributed by atoms with Crippen LogP contribution in [0.2, 0.25) is 0 Å². The van der Waals surface area contributed by atoms with Gasteiger partial charge in [0.1, 0.15) is 5.76 Å². The van der Waals surface area contributed by atoms with Crippen LogP contribution < -0.4 is 5.32 Å². The highest BCUT2D eigenvalue weighted by atomic mass is 16.3. The van der Waals surface area contributed by atoms with Gasteiger partial charge in [0, 0.05) is 43.3 Å². The molecule has 2 atom stereocenters. The van der Waals surface area contributed by atoms with E-state index < -0.39 is 0 Å². The second kappa shape index (κ2) is 6.74. The number of hydrogen-bond acceptors (Lipinski definition) is 4. The standard InChI is InChI=1S/C16H29N3O/c1-12(2)17-7-15-6-16(20-11-15)10-19-8-13(3)18(5)14(4)9-19/h6,11-14,17H,7-10H2,1-5H3. The maximum atomic E-state index is 5.70. The molecule has 1 aromatic heterocycles. The summed E-state index contributed by atoms with van der Waals surface area (Å²) in [6, 6.07) is 3.91. The van der Waals surface area contributed by atoms with Crippen molar-refractivity contribution in [1.29, 1.82) is 0 Å². The molecule has 4 nitrogen and oxygen atoms in total. The Labute approximate surface area is 123 Å². The van der Waals surface area contributed by atoms with E-state index in [0.717, 1.165) is 31.9 Å². The van der Waals surface area contributed by atoms with Gasteiger partial charge in [-0.2, -0.15) is 0 Å². The molecule has 2 heterocycles. The molecule has 20 heavy (non-hydrogen) atoms. The Kier molecular flexibility index (Phi) is 5.24. The molecule has 0 spiro atoms. The van der Waals surface area contributed by atoms with Crippen LogP contribution in [0.25, 0.3) is 0 Å². The molecule has 4 heteroatoms. The number of hydrogen-bond donors (Lipinski definition) is 1. The van der Waals surface area contributed by atoms with Crippen molar-refractivity contribution in [3.8, 4) is 0 Å². The van der Waals surface area contributed by atoms with Gasteiger partial charge in [-0.3, -0.25) is 9.80 Å². The molecule has 2 unspecified atom stereocenters. The Balaban J connectivity index is 1.87. The highest BCUT2D eigenvalue weighted by Gasteiger charge is 2.26. The van der Waals surface area contributed by atoms with Gasteiger partial charge in [0.25, 0.3) is 0 Å². The normalized spacial score (nSPS) is 25.5. The summed E-state index contributed by atoms with van der Waals surface area (Å²) >= 11 is 0. The molecule has 0 bridgehead atoms. The largest absolute Gasteiger partial charge is 0.468 e. The third kappa shape index (κ3) is 4.08. The number of likely N-dealkylation sites (N-methyl/N-ethyl adjacent to an activating group) is 1. The quantitative estimate of drug-likeness (QED) is 0.896. The highest BCUT2D eigenvalue weighted by molar-refractivity contribution is 5.13. The van der Waals surface area contributed by atoms with Gasteiger partial charge in [-0.25, -0.2) is 0 Å². The summed E-state index contributed by atoms with van der Waals surface area (Å²) in [6.07, 6.45) is 1.88. The molecule has 2 rings (SSSR count). The lowest BCUT2D eigenvalue weighted by Gasteiger charge is -2.42. The molecule has 0 amide bonds. The number of rotatable bonds is 5. The predicted octanol–water partition coefficient (Wildman–Crippen LogP) is 2.30. The maximum absolute atomic E-state index is 5.70. The van der Waals surface area contributed by atoms with Crippen molar-refractivity contribution >= 4 is 0 Å². The molecule has 1 aromatic rings. The monoisotopic (exact) mass is 279 g/mol. The summed E-state index contributed by atoms with van der Waals surface area (Å²) in [5, 5.41) is 3.42. The molecule has 0 saturated carbocycles. The fourth-order valence-electron chi connectivity index (χ4n) is 2.79. The molecule has 0 aromatic carbocycles. The van der Waals surface area contributed by atoms with Gasteiger partial charge in [0.15, 0.2) is 0 Å². The summed E-state index contributed by atoms with van der Waals surface area (Å²) < 4.78 is 5.70. The summed E-state index contributed by atoms with van der Waals surface area (Å²) in [5.74, 6) is 1.08. The van der Waals surface area contributed by atoms with Crippen molar-refractivity contribution in [3.05, 3.63) is 23.7 Å². The number of nitrogens with zero attached hydrogens (tertiary/aromatic N) is 2. The van der Waals surface area contributed by atoms with Crippen molar-refractivity contribution in [1.82, 2.24) is 15.1 Å². The van der Waals surface area contributed by atoms with E-state index in [1.54, 1.807) is 0 Å². The zero-order valence-electron chi connectivity index (χ0n) is 13.5.